The van der Waals surface area contributed by atoms with Crippen molar-refractivity contribution in [3.63, 3.8) is 0 Å². The SMILES string of the molecule is C=[N+]1c2c(c(=O)cc[c-]2[N+](=C)N=c2ccccn2C)C=C(C(=O)O)[C-]1C. The van der Waals surface area contributed by atoms with Gasteiger partial charge in [-0.2, -0.15) is 0 Å². The Balaban J connectivity index is 2.23. The molecule has 26 heavy (non-hydrogen) atoms. The van der Waals surface area contributed by atoms with E-state index in [-0.39, 0.29) is 16.6 Å². The van der Waals surface area contributed by atoms with Gasteiger partial charge in [-0.3, -0.25) is 9.37 Å². The maximum Gasteiger partial charge on any atom is 0.270 e. The first-order chi connectivity index (χ1) is 12.3. The maximum atomic E-state index is 12.3. The summed E-state index contributed by atoms with van der Waals surface area (Å²) in [7, 11) is 1.86. The molecule has 1 aliphatic rings. The average molecular weight is 350 g/mol. The maximum absolute atomic E-state index is 12.3. The number of carbonyl (C=O) groups is 1. The Morgan fingerprint density at radius 2 is 2.12 bits per heavy atom. The van der Waals surface area contributed by atoms with Crippen molar-refractivity contribution >= 4 is 36.9 Å². The third-order valence-corrected chi connectivity index (χ3v) is 4.27. The van der Waals surface area contributed by atoms with Crippen LogP contribution in [-0.2, 0) is 11.8 Å². The first kappa shape index (κ1) is 17.2. The van der Waals surface area contributed by atoms with Crippen molar-refractivity contribution < 1.29 is 19.2 Å². The number of carboxylic acids is 1. The van der Waals surface area contributed by atoms with E-state index in [1.165, 1.54) is 21.4 Å². The number of aliphatic carboxylic acids is 1. The molecule has 3 rings (SSSR count). The standard InChI is InChI=1S/C19H18N4O3/c1-12-13(19(25)26)11-14-16(24)9-8-15(18(14)22(12)3)23(4)20-17-7-5-6-10-21(17)2/h5-11H,3-4H2,1-2H3,(H,25,26). The Hall–Kier alpha value is -3.61. The molecule has 7 nitrogen and oxygen atoms in total. The monoisotopic (exact) mass is 350 g/mol. The second-order valence-electron chi connectivity index (χ2n) is 5.89. The third kappa shape index (κ3) is 2.79. The molecule has 1 N–H and O–H groups in total. The van der Waals surface area contributed by atoms with Crippen molar-refractivity contribution in [3.8, 4) is 0 Å². The Bertz CT molecular complexity index is 1100. The molecule has 7 heteroatoms. The van der Waals surface area contributed by atoms with Gasteiger partial charge in [-0.1, -0.05) is 18.2 Å². The molecular formula is C19H18N4O3. The van der Waals surface area contributed by atoms with Gasteiger partial charge in [0.15, 0.2) is 11.2 Å². The van der Waals surface area contributed by atoms with E-state index in [1.54, 1.807) is 13.0 Å². The van der Waals surface area contributed by atoms with Crippen molar-refractivity contribution in [2.45, 2.75) is 6.92 Å². The van der Waals surface area contributed by atoms with Gasteiger partial charge < -0.3 is 14.5 Å². The van der Waals surface area contributed by atoms with Crippen molar-refractivity contribution in [2.24, 2.45) is 12.1 Å². The molecule has 0 unspecified atom stereocenters. The fraction of sp³-hybridized carbons (Fsp3) is 0.105. The summed E-state index contributed by atoms with van der Waals surface area (Å²) in [4.78, 5) is 23.7. The van der Waals surface area contributed by atoms with E-state index in [0.29, 0.717) is 22.9 Å². The van der Waals surface area contributed by atoms with E-state index in [2.05, 4.69) is 18.5 Å². The highest BCUT2D eigenvalue weighted by molar-refractivity contribution is 5.97. The van der Waals surface area contributed by atoms with Crippen LogP contribution in [-0.4, -0.2) is 38.3 Å². The fourth-order valence-electron chi connectivity index (χ4n) is 2.78. The van der Waals surface area contributed by atoms with Crippen LogP contribution < -0.4 is 10.9 Å². The number of nitrogens with zero attached hydrogens (tertiary/aromatic N) is 4. The smallest absolute Gasteiger partial charge is 0.270 e. The lowest BCUT2D eigenvalue weighted by molar-refractivity contribution is -0.464. The van der Waals surface area contributed by atoms with Crippen LogP contribution in [0.25, 0.3) is 6.08 Å². The number of pyridine rings is 1. The Kier molecular flexibility index (Phi) is 4.21. The number of rotatable bonds is 3. The van der Waals surface area contributed by atoms with Gasteiger partial charge in [0.05, 0.1) is 18.9 Å². The Morgan fingerprint density at radius 1 is 1.38 bits per heavy atom. The average Bonchev–Trinajstić information content (AvgIpc) is 2.60. The summed E-state index contributed by atoms with van der Waals surface area (Å²) < 4.78 is 4.67. The number of hydrogen-bond acceptors (Lipinski definition) is 3. The second-order valence-corrected chi connectivity index (χ2v) is 5.89. The van der Waals surface area contributed by atoms with E-state index in [9.17, 15) is 14.7 Å². The normalized spacial score (nSPS) is 14.1. The summed E-state index contributed by atoms with van der Waals surface area (Å²) in [6, 6.07) is 8.97. The summed E-state index contributed by atoms with van der Waals surface area (Å²) in [5.74, 6) is -1.11. The minimum Gasteiger partial charge on any atom is -0.512 e. The van der Waals surface area contributed by atoms with Gasteiger partial charge in [0, 0.05) is 23.9 Å². The molecule has 0 bridgehead atoms. The molecule has 0 atom stereocenters. The largest absolute Gasteiger partial charge is 0.512 e. The van der Waals surface area contributed by atoms with E-state index in [4.69, 9.17) is 0 Å². The van der Waals surface area contributed by atoms with Crippen molar-refractivity contribution in [3.05, 3.63) is 69.4 Å². The summed E-state index contributed by atoms with van der Waals surface area (Å²) in [6.07, 6.45) is 3.23. The first-order valence-electron chi connectivity index (χ1n) is 7.81. The molecule has 132 valence electrons. The predicted octanol–water partition coefficient (Wildman–Crippen LogP) is 1.34. The van der Waals surface area contributed by atoms with Gasteiger partial charge in [0.1, 0.15) is 11.7 Å². The van der Waals surface area contributed by atoms with E-state index in [0.717, 1.165) is 0 Å². The van der Waals surface area contributed by atoms with Crippen LogP contribution in [0.15, 0.2) is 52.0 Å². The lowest BCUT2D eigenvalue weighted by Crippen LogP contribution is -2.25. The highest BCUT2D eigenvalue weighted by atomic mass is 16.4. The van der Waals surface area contributed by atoms with E-state index in [1.807, 2.05) is 36.0 Å². The molecule has 0 saturated carbocycles. The number of aromatic nitrogens is 1. The topological polar surface area (TPSA) is 77.7 Å². The van der Waals surface area contributed by atoms with Crippen LogP contribution in [0.4, 0.5) is 11.4 Å². The highest BCUT2D eigenvalue weighted by Crippen LogP contribution is 2.38. The quantitative estimate of drug-likeness (QED) is 0.393. The van der Waals surface area contributed by atoms with Crippen LogP contribution in [0.1, 0.15) is 12.5 Å². The van der Waals surface area contributed by atoms with E-state index < -0.39 is 5.97 Å². The third-order valence-electron chi connectivity index (χ3n) is 4.27. The van der Waals surface area contributed by atoms with Crippen LogP contribution in [0.5, 0.6) is 0 Å². The Morgan fingerprint density at radius 3 is 2.77 bits per heavy atom. The molecule has 0 fully saturated rings. The van der Waals surface area contributed by atoms with Gasteiger partial charge in [-0.05, 0) is 24.6 Å². The zero-order valence-electron chi connectivity index (χ0n) is 14.5. The zero-order valence-corrected chi connectivity index (χ0v) is 14.5. The van der Waals surface area contributed by atoms with Gasteiger partial charge >= 0.3 is 0 Å². The number of benzene rings is 1. The molecule has 2 aromatic rings. The van der Waals surface area contributed by atoms with Crippen LogP contribution in [0.2, 0.25) is 0 Å². The van der Waals surface area contributed by atoms with Crippen LogP contribution in [0.3, 0.4) is 0 Å². The summed E-state index contributed by atoms with van der Waals surface area (Å²) in [5, 5.41) is 13.8. The van der Waals surface area contributed by atoms with Crippen molar-refractivity contribution in [1.29, 1.82) is 0 Å². The van der Waals surface area contributed by atoms with Gasteiger partial charge in [0.2, 0.25) is 0 Å². The lowest BCUT2D eigenvalue weighted by atomic mass is 9.96. The van der Waals surface area contributed by atoms with Crippen molar-refractivity contribution in [1.82, 2.24) is 4.57 Å². The van der Waals surface area contributed by atoms with Gasteiger partial charge in [0.25, 0.3) is 5.97 Å². The van der Waals surface area contributed by atoms with Gasteiger partial charge in [-0.15, -0.1) is 10.8 Å². The molecule has 1 aliphatic heterocycles. The first-order valence-corrected chi connectivity index (χ1v) is 7.81. The summed E-state index contributed by atoms with van der Waals surface area (Å²) in [5.41, 5.74) is 1.67. The van der Waals surface area contributed by atoms with Crippen LogP contribution >= 0.6 is 0 Å². The van der Waals surface area contributed by atoms with E-state index >= 15 is 0 Å². The molecule has 0 radical (unpaired) electrons. The molecule has 2 heterocycles. The minimum absolute atomic E-state index is 0.0313. The van der Waals surface area contributed by atoms with Gasteiger partial charge in [-0.25, -0.2) is 0 Å². The fourth-order valence-corrected chi connectivity index (χ4v) is 2.78. The zero-order chi connectivity index (χ0) is 19.0. The minimum atomic E-state index is -1.11. The molecule has 0 aliphatic carbocycles. The number of carboxylic acid groups (broad SMARTS) is 1. The van der Waals surface area contributed by atoms with Crippen molar-refractivity contribution in [2.75, 3.05) is 0 Å². The molecule has 0 amide bonds. The van der Waals surface area contributed by atoms with Crippen LogP contribution in [0, 0.1) is 6.04 Å². The number of hydrogen-bond donors (Lipinski definition) is 1. The lowest BCUT2D eigenvalue weighted by Gasteiger charge is -2.26. The summed E-state index contributed by atoms with van der Waals surface area (Å²) >= 11 is 0. The number of fused-ring (bicyclic) bond motifs is 1. The highest BCUT2D eigenvalue weighted by Gasteiger charge is 2.28. The molecular weight excluding hydrogens is 332 g/mol. The Labute approximate surface area is 149 Å². The number of aryl methyl sites for hydroxylation is 1. The molecule has 1 aromatic carbocycles. The molecule has 0 saturated heterocycles. The molecule has 0 spiro atoms. The predicted molar refractivity (Wildman–Crippen MR) is 97.9 cm³/mol. The second kappa shape index (κ2) is 6.36. The molecule has 1 aromatic heterocycles. The summed E-state index contributed by atoms with van der Waals surface area (Å²) in [6.45, 7) is 9.50.